The first-order valence-corrected chi connectivity index (χ1v) is 8.99. The molecule has 0 amide bonds. The van der Waals surface area contributed by atoms with E-state index in [0.29, 0.717) is 17.9 Å². The fourth-order valence-corrected chi connectivity index (χ4v) is 4.08. The molecule has 4 heteroatoms. The Morgan fingerprint density at radius 2 is 1.83 bits per heavy atom. The van der Waals surface area contributed by atoms with Gasteiger partial charge in [-0.05, 0) is 37.2 Å². The molecule has 1 heterocycles. The highest BCUT2D eigenvalue weighted by atomic mass is 15.3. The first-order valence-electron chi connectivity index (χ1n) is 8.99. The lowest BCUT2D eigenvalue weighted by molar-refractivity contribution is 0.390. The second-order valence-electron chi connectivity index (χ2n) is 7.10. The van der Waals surface area contributed by atoms with E-state index in [0.717, 1.165) is 12.4 Å². The summed E-state index contributed by atoms with van der Waals surface area (Å²) in [5.74, 6) is 3.53. The molecule has 1 aromatic heterocycles. The number of hydrogen-bond donors (Lipinski definition) is 1. The maximum Gasteiger partial charge on any atom is 0.146 e. The van der Waals surface area contributed by atoms with Crippen LogP contribution < -0.4 is 5.32 Å². The molecule has 0 bridgehead atoms. The predicted molar refractivity (Wildman–Crippen MR) is 91.3 cm³/mol. The standard InChI is InChI=1S/C19H26N4/c1-23-18(21-22-19(23)15-9-5-10-15)13-20-17-12-6-11-16(17)14-7-3-2-4-8-14/h2-4,7-8,15-17,20H,5-6,9-13H2,1H3/t16-,17+/m0/s1. The van der Waals surface area contributed by atoms with Crippen LogP contribution in [-0.2, 0) is 13.6 Å². The number of rotatable bonds is 5. The summed E-state index contributed by atoms with van der Waals surface area (Å²) in [6.07, 6.45) is 7.74. The van der Waals surface area contributed by atoms with E-state index in [1.807, 2.05) is 0 Å². The van der Waals surface area contributed by atoms with Crippen molar-refractivity contribution in [3.8, 4) is 0 Å². The van der Waals surface area contributed by atoms with Gasteiger partial charge < -0.3 is 9.88 Å². The number of benzene rings is 1. The summed E-state index contributed by atoms with van der Waals surface area (Å²) >= 11 is 0. The molecule has 2 aliphatic carbocycles. The summed E-state index contributed by atoms with van der Waals surface area (Å²) in [5, 5.41) is 12.6. The van der Waals surface area contributed by atoms with Crippen molar-refractivity contribution in [2.45, 2.75) is 62.9 Å². The molecule has 2 saturated carbocycles. The van der Waals surface area contributed by atoms with Gasteiger partial charge in [-0.25, -0.2) is 0 Å². The van der Waals surface area contributed by atoms with Gasteiger partial charge in [-0.1, -0.05) is 43.2 Å². The van der Waals surface area contributed by atoms with E-state index in [1.165, 1.54) is 49.9 Å². The zero-order chi connectivity index (χ0) is 15.6. The second kappa shape index (κ2) is 6.44. The van der Waals surface area contributed by atoms with Crippen molar-refractivity contribution in [2.24, 2.45) is 7.05 Å². The summed E-state index contributed by atoms with van der Waals surface area (Å²) < 4.78 is 2.21. The molecule has 1 N–H and O–H groups in total. The van der Waals surface area contributed by atoms with E-state index in [9.17, 15) is 0 Å². The highest BCUT2D eigenvalue weighted by Gasteiger charge is 2.29. The van der Waals surface area contributed by atoms with Crippen LogP contribution in [0, 0.1) is 0 Å². The van der Waals surface area contributed by atoms with E-state index < -0.39 is 0 Å². The Morgan fingerprint density at radius 3 is 2.57 bits per heavy atom. The Morgan fingerprint density at radius 1 is 1.04 bits per heavy atom. The third kappa shape index (κ3) is 2.92. The lowest BCUT2D eigenvalue weighted by Gasteiger charge is -2.24. The third-order valence-corrected chi connectivity index (χ3v) is 5.74. The Balaban J connectivity index is 1.41. The average molecular weight is 310 g/mol. The van der Waals surface area contributed by atoms with Gasteiger partial charge in [0.05, 0.1) is 6.54 Å². The van der Waals surface area contributed by atoms with Crippen LogP contribution >= 0.6 is 0 Å². The van der Waals surface area contributed by atoms with Gasteiger partial charge in [0, 0.05) is 19.0 Å². The quantitative estimate of drug-likeness (QED) is 0.919. The van der Waals surface area contributed by atoms with Gasteiger partial charge in [0.1, 0.15) is 11.6 Å². The summed E-state index contributed by atoms with van der Waals surface area (Å²) in [7, 11) is 2.12. The predicted octanol–water partition coefficient (Wildman–Crippen LogP) is 3.51. The van der Waals surface area contributed by atoms with E-state index in [1.54, 1.807) is 0 Å². The van der Waals surface area contributed by atoms with Crippen molar-refractivity contribution in [3.63, 3.8) is 0 Å². The lowest BCUT2D eigenvalue weighted by Crippen LogP contribution is -2.31. The van der Waals surface area contributed by atoms with Crippen LogP contribution in [0.3, 0.4) is 0 Å². The lowest BCUT2D eigenvalue weighted by atomic mass is 9.85. The average Bonchev–Trinajstić information content (AvgIpc) is 3.13. The van der Waals surface area contributed by atoms with Gasteiger partial charge in [0.15, 0.2) is 0 Å². The first kappa shape index (κ1) is 14.9. The van der Waals surface area contributed by atoms with Crippen molar-refractivity contribution in [1.82, 2.24) is 20.1 Å². The van der Waals surface area contributed by atoms with E-state index in [-0.39, 0.29) is 0 Å². The van der Waals surface area contributed by atoms with Crippen molar-refractivity contribution >= 4 is 0 Å². The van der Waals surface area contributed by atoms with Crippen LogP contribution in [0.2, 0.25) is 0 Å². The molecule has 0 radical (unpaired) electrons. The Labute approximate surface area is 138 Å². The minimum atomic E-state index is 0.557. The molecule has 4 rings (SSSR count). The van der Waals surface area contributed by atoms with Gasteiger partial charge in [0.2, 0.25) is 0 Å². The first-order chi connectivity index (χ1) is 11.3. The number of aromatic nitrogens is 3. The fraction of sp³-hybridized carbons (Fsp3) is 0.579. The second-order valence-corrected chi connectivity index (χ2v) is 7.10. The van der Waals surface area contributed by atoms with E-state index in [2.05, 4.69) is 57.5 Å². The SMILES string of the molecule is Cn1c(CN[C@@H]2CCC[C@H]2c2ccccc2)nnc1C1CCC1. The molecule has 2 aliphatic rings. The highest BCUT2D eigenvalue weighted by molar-refractivity contribution is 5.22. The molecule has 4 nitrogen and oxygen atoms in total. The Kier molecular flexibility index (Phi) is 4.17. The van der Waals surface area contributed by atoms with Crippen LogP contribution in [0.4, 0.5) is 0 Å². The van der Waals surface area contributed by atoms with E-state index in [4.69, 9.17) is 0 Å². The Bertz CT molecular complexity index is 645. The largest absolute Gasteiger partial charge is 0.317 e. The molecule has 0 aliphatic heterocycles. The number of nitrogens with one attached hydrogen (secondary N) is 1. The number of hydrogen-bond acceptors (Lipinski definition) is 3. The molecule has 2 atom stereocenters. The van der Waals surface area contributed by atoms with Gasteiger partial charge in [0.25, 0.3) is 0 Å². The summed E-state index contributed by atoms with van der Waals surface area (Å²) in [5.41, 5.74) is 1.47. The van der Waals surface area contributed by atoms with Crippen LogP contribution in [0.15, 0.2) is 30.3 Å². The minimum absolute atomic E-state index is 0.557. The monoisotopic (exact) mass is 310 g/mol. The van der Waals surface area contributed by atoms with E-state index >= 15 is 0 Å². The molecule has 1 aromatic carbocycles. The molecule has 0 spiro atoms. The summed E-state index contributed by atoms with van der Waals surface area (Å²) in [4.78, 5) is 0. The molecular weight excluding hydrogens is 284 g/mol. The smallest absolute Gasteiger partial charge is 0.146 e. The molecule has 2 fully saturated rings. The molecule has 0 unspecified atom stereocenters. The van der Waals surface area contributed by atoms with Gasteiger partial charge in [-0.3, -0.25) is 0 Å². The molecular formula is C19H26N4. The van der Waals surface area contributed by atoms with Crippen molar-refractivity contribution < 1.29 is 0 Å². The van der Waals surface area contributed by atoms with Crippen LogP contribution in [0.5, 0.6) is 0 Å². The molecule has 23 heavy (non-hydrogen) atoms. The van der Waals surface area contributed by atoms with Crippen molar-refractivity contribution in [2.75, 3.05) is 0 Å². The van der Waals surface area contributed by atoms with Crippen LogP contribution in [-0.4, -0.2) is 20.8 Å². The fourth-order valence-electron chi connectivity index (χ4n) is 4.08. The normalized spacial score (nSPS) is 24.7. The summed E-state index contributed by atoms with van der Waals surface area (Å²) in [6, 6.07) is 11.5. The third-order valence-electron chi connectivity index (χ3n) is 5.74. The summed E-state index contributed by atoms with van der Waals surface area (Å²) in [6.45, 7) is 0.824. The topological polar surface area (TPSA) is 42.7 Å². The minimum Gasteiger partial charge on any atom is -0.317 e. The highest BCUT2D eigenvalue weighted by Crippen LogP contribution is 2.36. The molecule has 2 aromatic rings. The maximum atomic E-state index is 4.43. The van der Waals surface area contributed by atoms with Crippen molar-refractivity contribution in [1.29, 1.82) is 0 Å². The van der Waals surface area contributed by atoms with Gasteiger partial charge in [-0.2, -0.15) is 0 Å². The van der Waals surface area contributed by atoms with Crippen LogP contribution in [0.25, 0.3) is 0 Å². The van der Waals surface area contributed by atoms with Crippen LogP contribution in [0.1, 0.15) is 67.6 Å². The zero-order valence-electron chi connectivity index (χ0n) is 13.9. The van der Waals surface area contributed by atoms with Gasteiger partial charge >= 0.3 is 0 Å². The van der Waals surface area contributed by atoms with Crippen molar-refractivity contribution in [3.05, 3.63) is 47.5 Å². The molecule has 122 valence electrons. The molecule has 0 saturated heterocycles. The Hall–Kier alpha value is -1.68. The zero-order valence-corrected chi connectivity index (χ0v) is 13.9. The number of nitrogens with zero attached hydrogens (tertiary/aromatic N) is 3. The van der Waals surface area contributed by atoms with Gasteiger partial charge in [-0.15, -0.1) is 10.2 Å². The maximum absolute atomic E-state index is 4.43.